The summed E-state index contributed by atoms with van der Waals surface area (Å²) in [5.74, 6) is 0.622. The van der Waals surface area contributed by atoms with E-state index < -0.39 is 0 Å². The van der Waals surface area contributed by atoms with Crippen LogP contribution in [0.1, 0.15) is 37.9 Å². The molecule has 8 atom stereocenters. The first-order valence-electron chi connectivity index (χ1n) is 9.31. The van der Waals surface area contributed by atoms with Crippen molar-refractivity contribution in [2.24, 2.45) is 28.6 Å². The molecule has 6 rings (SSSR count). The molecule has 0 radical (unpaired) electrons. The van der Waals surface area contributed by atoms with Crippen molar-refractivity contribution in [2.45, 2.75) is 44.7 Å². The van der Waals surface area contributed by atoms with Crippen molar-refractivity contribution < 1.29 is 23.4 Å². The monoisotopic (exact) mass is 342 g/mol. The Morgan fingerprint density at radius 2 is 2.16 bits per heavy atom. The average Bonchev–Trinajstić information content (AvgIpc) is 3.34. The van der Waals surface area contributed by atoms with E-state index in [2.05, 4.69) is 19.1 Å². The van der Waals surface area contributed by atoms with Gasteiger partial charge < -0.3 is 18.6 Å². The van der Waals surface area contributed by atoms with Gasteiger partial charge in [0.25, 0.3) is 0 Å². The van der Waals surface area contributed by atoms with Crippen LogP contribution in [-0.4, -0.2) is 25.0 Å². The molecule has 3 saturated heterocycles. The average molecular weight is 342 g/mol. The number of carbonyl (C=O) groups excluding carboxylic acids is 1. The second kappa shape index (κ2) is 4.57. The van der Waals surface area contributed by atoms with Gasteiger partial charge >= 0.3 is 5.97 Å². The number of rotatable bonds is 1. The number of hydrogen-bond acceptors (Lipinski definition) is 5. The van der Waals surface area contributed by atoms with Gasteiger partial charge in [-0.15, -0.1) is 0 Å². The normalized spacial score (nSPS) is 52.6. The van der Waals surface area contributed by atoms with Crippen molar-refractivity contribution in [2.75, 3.05) is 6.61 Å². The summed E-state index contributed by atoms with van der Waals surface area (Å²) in [5, 5.41) is 0. The Morgan fingerprint density at radius 1 is 1.24 bits per heavy atom. The highest BCUT2D eigenvalue weighted by Gasteiger charge is 2.74. The third-order valence-electron chi connectivity index (χ3n) is 7.83. The van der Waals surface area contributed by atoms with Crippen LogP contribution < -0.4 is 0 Å². The van der Waals surface area contributed by atoms with Gasteiger partial charge in [0, 0.05) is 16.4 Å². The fraction of sp³-hybridized carbons (Fsp3) is 0.650. The molecule has 5 heteroatoms. The van der Waals surface area contributed by atoms with Crippen molar-refractivity contribution in [3.05, 3.63) is 36.3 Å². The van der Waals surface area contributed by atoms with Gasteiger partial charge in [0.05, 0.1) is 37.3 Å². The first-order valence-corrected chi connectivity index (χ1v) is 9.31. The zero-order valence-corrected chi connectivity index (χ0v) is 14.2. The maximum Gasteiger partial charge on any atom is 0.309 e. The molecular formula is C20H22O5. The van der Waals surface area contributed by atoms with Crippen LogP contribution in [0.15, 0.2) is 35.2 Å². The van der Waals surface area contributed by atoms with Gasteiger partial charge in [0.2, 0.25) is 0 Å². The third-order valence-corrected chi connectivity index (χ3v) is 7.83. The van der Waals surface area contributed by atoms with Crippen LogP contribution in [0.4, 0.5) is 0 Å². The van der Waals surface area contributed by atoms with Gasteiger partial charge in [-0.05, 0) is 37.2 Å². The minimum atomic E-state index is -0.212. The molecule has 3 aliphatic heterocycles. The molecule has 1 saturated carbocycles. The lowest BCUT2D eigenvalue weighted by Crippen LogP contribution is -2.56. The van der Waals surface area contributed by atoms with Gasteiger partial charge in [-0.25, -0.2) is 0 Å². The lowest BCUT2D eigenvalue weighted by molar-refractivity contribution is -0.149. The highest BCUT2D eigenvalue weighted by Crippen LogP contribution is 2.72. The Hall–Kier alpha value is -1.59. The molecule has 132 valence electrons. The largest absolute Gasteiger partial charge is 0.472 e. The van der Waals surface area contributed by atoms with Gasteiger partial charge in [0.1, 0.15) is 0 Å². The molecule has 2 spiro atoms. The summed E-state index contributed by atoms with van der Waals surface area (Å²) < 4.78 is 23.6. The number of esters is 1. The first-order chi connectivity index (χ1) is 12.1. The van der Waals surface area contributed by atoms with Crippen molar-refractivity contribution in [1.82, 2.24) is 0 Å². The lowest BCUT2D eigenvalue weighted by Gasteiger charge is -2.54. The van der Waals surface area contributed by atoms with Gasteiger partial charge in [-0.2, -0.15) is 0 Å². The fourth-order valence-corrected chi connectivity index (χ4v) is 6.60. The molecule has 0 unspecified atom stereocenters. The topological polar surface area (TPSA) is 57.9 Å². The number of carbonyl (C=O) groups is 1. The number of fused-ring (bicyclic) bond motifs is 1. The van der Waals surface area contributed by atoms with E-state index >= 15 is 0 Å². The van der Waals surface area contributed by atoms with E-state index in [9.17, 15) is 4.79 Å². The molecular weight excluding hydrogens is 320 g/mol. The van der Waals surface area contributed by atoms with Gasteiger partial charge in [0.15, 0.2) is 6.29 Å². The smallest absolute Gasteiger partial charge is 0.309 e. The van der Waals surface area contributed by atoms with Crippen molar-refractivity contribution >= 4 is 5.97 Å². The predicted octanol–water partition coefficient (Wildman–Crippen LogP) is 3.23. The molecule has 2 bridgehead atoms. The number of furan rings is 1. The van der Waals surface area contributed by atoms with E-state index in [1.807, 2.05) is 6.07 Å². The summed E-state index contributed by atoms with van der Waals surface area (Å²) in [4.78, 5) is 12.4. The standard InChI is InChI=1S/C20H22O5/c1-11-14-7-19-10-23-17(21)13(19)3-2-4-16(19)20(11)8-15(25-18(20)24-14)12-5-6-22-9-12/h2,4-6,9,11,13-16,18H,3,7-8,10H2,1H3/t11-,13+,14-,15-,16-,18-,19-,20-/m1/s1. The highest BCUT2D eigenvalue weighted by molar-refractivity contribution is 5.76. The maximum atomic E-state index is 12.4. The van der Waals surface area contributed by atoms with Crippen molar-refractivity contribution in [3.8, 4) is 0 Å². The number of hydrogen-bond donors (Lipinski definition) is 0. The summed E-state index contributed by atoms with van der Waals surface area (Å²) in [6.45, 7) is 2.83. The minimum Gasteiger partial charge on any atom is -0.472 e. The van der Waals surface area contributed by atoms with E-state index in [0.29, 0.717) is 12.5 Å². The van der Waals surface area contributed by atoms with Crippen LogP contribution in [0, 0.1) is 28.6 Å². The van der Waals surface area contributed by atoms with E-state index in [4.69, 9.17) is 18.6 Å². The molecule has 1 aromatic heterocycles. The molecule has 2 aliphatic carbocycles. The van der Waals surface area contributed by atoms with Crippen LogP contribution in [0.2, 0.25) is 0 Å². The lowest BCUT2D eigenvalue weighted by atomic mass is 9.46. The summed E-state index contributed by atoms with van der Waals surface area (Å²) in [7, 11) is 0. The third kappa shape index (κ3) is 1.56. The zero-order valence-electron chi connectivity index (χ0n) is 14.2. The van der Waals surface area contributed by atoms with E-state index in [1.54, 1.807) is 12.5 Å². The Morgan fingerprint density at radius 3 is 3.00 bits per heavy atom. The van der Waals surface area contributed by atoms with Crippen LogP contribution in [0.5, 0.6) is 0 Å². The molecule has 4 heterocycles. The maximum absolute atomic E-state index is 12.4. The Balaban J connectivity index is 1.47. The number of allylic oxidation sites excluding steroid dienone is 2. The number of ether oxygens (including phenoxy) is 3. The molecule has 4 fully saturated rings. The van der Waals surface area contributed by atoms with Gasteiger partial charge in [-0.1, -0.05) is 19.1 Å². The second-order valence-corrected chi connectivity index (χ2v) is 8.53. The molecule has 25 heavy (non-hydrogen) atoms. The van der Waals surface area contributed by atoms with E-state index in [0.717, 1.165) is 24.8 Å². The van der Waals surface area contributed by atoms with Crippen molar-refractivity contribution in [3.63, 3.8) is 0 Å². The highest BCUT2D eigenvalue weighted by atomic mass is 16.7. The molecule has 1 aromatic rings. The van der Waals surface area contributed by atoms with Crippen molar-refractivity contribution in [1.29, 1.82) is 0 Å². The first kappa shape index (κ1) is 14.6. The number of cyclic esters (lactones) is 1. The molecule has 0 amide bonds. The Bertz CT molecular complexity index is 754. The quantitative estimate of drug-likeness (QED) is 0.579. The molecule has 5 aliphatic rings. The second-order valence-electron chi connectivity index (χ2n) is 8.53. The Labute approximate surface area is 146 Å². The van der Waals surface area contributed by atoms with E-state index in [1.165, 1.54) is 0 Å². The van der Waals surface area contributed by atoms with Crippen LogP contribution in [0.3, 0.4) is 0 Å². The summed E-state index contributed by atoms with van der Waals surface area (Å²) in [6.07, 6.45) is 10.5. The fourth-order valence-electron chi connectivity index (χ4n) is 6.60. The Kier molecular flexibility index (Phi) is 2.66. The molecule has 0 aromatic carbocycles. The summed E-state index contributed by atoms with van der Waals surface area (Å²) in [6, 6.07) is 1.98. The van der Waals surface area contributed by atoms with Crippen LogP contribution in [-0.2, 0) is 19.0 Å². The molecule has 5 nitrogen and oxygen atoms in total. The van der Waals surface area contributed by atoms with E-state index in [-0.39, 0.29) is 47.1 Å². The van der Waals surface area contributed by atoms with Crippen LogP contribution in [0.25, 0.3) is 0 Å². The molecule has 0 N–H and O–H groups in total. The van der Waals surface area contributed by atoms with Gasteiger partial charge in [-0.3, -0.25) is 4.79 Å². The predicted molar refractivity (Wildman–Crippen MR) is 86.2 cm³/mol. The SMILES string of the molecule is C[C@@H]1[C@H]2C[C@@]34COC(=O)[C@@H]3CC=C[C@H]4[C@@]13C[C@H](c1ccoc1)O[C@H]3O2. The zero-order chi connectivity index (χ0) is 16.8. The minimum absolute atomic E-state index is 0.00546. The summed E-state index contributed by atoms with van der Waals surface area (Å²) >= 11 is 0. The van der Waals surface area contributed by atoms with Crippen LogP contribution >= 0.6 is 0 Å². The summed E-state index contributed by atoms with van der Waals surface area (Å²) in [5.41, 5.74) is 0.867.